The Labute approximate surface area is 57.6 Å². The van der Waals surface area contributed by atoms with Gasteiger partial charge in [0.1, 0.15) is 0 Å². The number of rotatable bonds is 1. The van der Waals surface area contributed by atoms with Gasteiger partial charge in [0.2, 0.25) is 0 Å². The molecule has 0 amide bonds. The van der Waals surface area contributed by atoms with Crippen LogP contribution in [-0.2, 0) is 0 Å². The molecule has 1 nitrogen and oxygen atoms in total. The smallest absolute Gasteiger partial charge is 0.0813 e. The molecule has 0 unspecified atom stereocenters. The zero-order chi connectivity index (χ0) is 6.69. The lowest BCUT2D eigenvalue weighted by atomic mass is 10.4. The van der Waals surface area contributed by atoms with Crippen molar-refractivity contribution >= 4 is 12.1 Å². The zero-order valence-electron chi connectivity index (χ0n) is 4.97. The molecule has 0 N–H and O–H groups in total. The van der Waals surface area contributed by atoms with Crippen LogP contribution in [0.5, 0.6) is 0 Å². The molecule has 3 heteroatoms. The standard InChI is InChI=1S/C6H6FNS/c1-5-4-6(9-7)2-3-8-5/h2-4H,1H3. The van der Waals surface area contributed by atoms with E-state index in [0.29, 0.717) is 4.90 Å². The number of halogens is 1. The van der Waals surface area contributed by atoms with E-state index in [0.717, 1.165) is 5.69 Å². The lowest BCUT2D eigenvalue weighted by Crippen LogP contribution is -1.77. The first-order chi connectivity index (χ1) is 4.33. The van der Waals surface area contributed by atoms with E-state index >= 15 is 0 Å². The quantitative estimate of drug-likeness (QED) is 0.598. The summed E-state index contributed by atoms with van der Waals surface area (Å²) in [5.74, 6) is 0. The first kappa shape index (κ1) is 6.55. The van der Waals surface area contributed by atoms with Gasteiger partial charge in [0.05, 0.1) is 12.1 Å². The topological polar surface area (TPSA) is 12.9 Å². The minimum atomic E-state index is 0.243. The van der Waals surface area contributed by atoms with Crippen molar-refractivity contribution in [1.29, 1.82) is 0 Å². The summed E-state index contributed by atoms with van der Waals surface area (Å²) >= 11 is 0.243. The number of pyridine rings is 1. The molecule has 0 saturated heterocycles. The van der Waals surface area contributed by atoms with Crippen LogP contribution in [0.2, 0.25) is 0 Å². The van der Waals surface area contributed by atoms with Crippen LogP contribution in [0.1, 0.15) is 5.69 Å². The fourth-order valence-corrected chi connectivity index (χ4v) is 0.895. The maximum atomic E-state index is 11.8. The van der Waals surface area contributed by atoms with Gasteiger partial charge in [-0.2, -0.15) is 3.89 Å². The van der Waals surface area contributed by atoms with Gasteiger partial charge < -0.3 is 0 Å². The molecule has 1 aromatic rings. The minimum absolute atomic E-state index is 0.243. The van der Waals surface area contributed by atoms with E-state index in [1.54, 1.807) is 18.3 Å². The van der Waals surface area contributed by atoms with Crippen LogP contribution >= 0.6 is 12.1 Å². The molecule has 0 aliphatic rings. The summed E-state index contributed by atoms with van der Waals surface area (Å²) in [6, 6.07) is 3.34. The van der Waals surface area contributed by atoms with Crippen molar-refractivity contribution in [2.75, 3.05) is 0 Å². The molecule has 0 fully saturated rings. The van der Waals surface area contributed by atoms with Crippen LogP contribution in [-0.4, -0.2) is 4.98 Å². The average Bonchev–Trinajstić information content (AvgIpc) is 1.88. The summed E-state index contributed by atoms with van der Waals surface area (Å²) in [5.41, 5.74) is 0.845. The second kappa shape index (κ2) is 2.82. The molecule has 1 aromatic heterocycles. The van der Waals surface area contributed by atoms with Gasteiger partial charge in [-0.05, 0) is 19.1 Å². The van der Waals surface area contributed by atoms with Crippen molar-refractivity contribution in [1.82, 2.24) is 4.98 Å². The maximum Gasteiger partial charge on any atom is 0.0813 e. The normalized spacial score (nSPS) is 9.56. The Morgan fingerprint density at radius 2 is 2.44 bits per heavy atom. The predicted molar refractivity (Wildman–Crippen MR) is 35.9 cm³/mol. The highest BCUT2D eigenvalue weighted by Gasteiger charge is 1.90. The SMILES string of the molecule is Cc1cc(SF)ccn1. The highest BCUT2D eigenvalue weighted by molar-refractivity contribution is 7.94. The summed E-state index contributed by atoms with van der Waals surface area (Å²) in [5, 5.41) is 0. The van der Waals surface area contributed by atoms with Crippen LogP contribution in [0.4, 0.5) is 3.89 Å². The molecule has 9 heavy (non-hydrogen) atoms. The summed E-state index contributed by atoms with van der Waals surface area (Å²) in [6.07, 6.45) is 1.59. The molecular formula is C6H6FNS. The third kappa shape index (κ3) is 1.68. The molecule has 0 bridgehead atoms. The summed E-state index contributed by atoms with van der Waals surface area (Å²) in [4.78, 5) is 4.52. The van der Waals surface area contributed by atoms with Gasteiger partial charge >= 0.3 is 0 Å². The van der Waals surface area contributed by atoms with E-state index in [2.05, 4.69) is 4.98 Å². The highest BCUT2D eigenvalue weighted by Crippen LogP contribution is 2.17. The fraction of sp³-hybridized carbons (Fsp3) is 0.167. The van der Waals surface area contributed by atoms with Gasteiger partial charge in [-0.3, -0.25) is 4.98 Å². The van der Waals surface area contributed by atoms with Crippen LogP contribution < -0.4 is 0 Å². The van der Waals surface area contributed by atoms with E-state index in [4.69, 9.17) is 0 Å². The first-order valence-corrected chi connectivity index (χ1v) is 3.26. The lowest BCUT2D eigenvalue weighted by molar-refractivity contribution is 0.932. The highest BCUT2D eigenvalue weighted by atomic mass is 32.2. The van der Waals surface area contributed by atoms with Crippen molar-refractivity contribution in [3.8, 4) is 0 Å². The third-order valence-corrected chi connectivity index (χ3v) is 1.39. The van der Waals surface area contributed by atoms with Gasteiger partial charge in [0.15, 0.2) is 0 Å². The average molecular weight is 143 g/mol. The summed E-state index contributed by atoms with van der Waals surface area (Å²) in [7, 11) is 0. The molecular weight excluding hydrogens is 137 g/mol. The first-order valence-electron chi connectivity index (χ1n) is 2.54. The van der Waals surface area contributed by atoms with Crippen molar-refractivity contribution in [2.45, 2.75) is 11.8 Å². The number of nitrogens with zero attached hydrogens (tertiary/aromatic N) is 1. The Hall–Kier alpha value is -0.570. The summed E-state index contributed by atoms with van der Waals surface area (Å²) < 4.78 is 11.8. The number of hydrogen-bond acceptors (Lipinski definition) is 2. The molecule has 0 aliphatic heterocycles. The van der Waals surface area contributed by atoms with Gasteiger partial charge in [0.25, 0.3) is 0 Å². The Kier molecular flexibility index (Phi) is 2.05. The van der Waals surface area contributed by atoms with Crippen LogP contribution in [0.3, 0.4) is 0 Å². The zero-order valence-corrected chi connectivity index (χ0v) is 5.78. The molecule has 0 saturated carbocycles. The monoisotopic (exact) mass is 143 g/mol. The second-order valence-corrected chi connectivity index (χ2v) is 2.34. The molecule has 48 valence electrons. The number of aromatic nitrogens is 1. The number of aryl methyl sites for hydroxylation is 1. The Balaban J connectivity index is 2.94. The Morgan fingerprint density at radius 1 is 1.67 bits per heavy atom. The van der Waals surface area contributed by atoms with E-state index < -0.39 is 0 Å². The van der Waals surface area contributed by atoms with Crippen molar-refractivity contribution in [3.63, 3.8) is 0 Å². The lowest BCUT2D eigenvalue weighted by Gasteiger charge is -1.91. The molecule has 0 atom stereocenters. The van der Waals surface area contributed by atoms with Crippen LogP contribution in [0.15, 0.2) is 23.2 Å². The Bertz CT molecular complexity index is 202. The van der Waals surface area contributed by atoms with Gasteiger partial charge in [0, 0.05) is 16.8 Å². The van der Waals surface area contributed by atoms with E-state index in [1.165, 1.54) is 0 Å². The predicted octanol–water partition coefficient (Wildman–Crippen LogP) is 2.37. The largest absolute Gasteiger partial charge is 0.262 e. The molecule has 0 aliphatic carbocycles. The second-order valence-electron chi connectivity index (χ2n) is 1.71. The van der Waals surface area contributed by atoms with Gasteiger partial charge in [-0.1, -0.05) is 0 Å². The van der Waals surface area contributed by atoms with E-state index in [9.17, 15) is 3.89 Å². The van der Waals surface area contributed by atoms with Crippen LogP contribution in [0, 0.1) is 6.92 Å². The Morgan fingerprint density at radius 3 is 2.89 bits per heavy atom. The van der Waals surface area contributed by atoms with E-state index in [1.807, 2.05) is 6.92 Å². The van der Waals surface area contributed by atoms with Crippen molar-refractivity contribution in [3.05, 3.63) is 24.0 Å². The molecule has 0 aromatic carbocycles. The minimum Gasteiger partial charge on any atom is -0.262 e. The van der Waals surface area contributed by atoms with Gasteiger partial charge in [-0.25, -0.2) is 0 Å². The summed E-state index contributed by atoms with van der Waals surface area (Å²) in [6.45, 7) is 1.83. The van der Waals surface area contributed by atoms with E-state index in [-0.39, 0.29) is 12.1 Å². The molecule has 0 spiro atoms. The fourth-order valence-electron chi connectivity index (χ4n) is 0.568. The van der Waals surface area contributed by atoms with Gasteiger partial charge in [-0.15, -0.1) is 0 Å². The van der Waals surface area contributed by atoms with Crippen molar-refractivity contribution in [2.24, 2.45) is 0 Å². The van der Waals surface area contributed by atoms with Crippen LogP contribution in [0.25, 0.3) is 0 Å². The molecule has 0 radical (unpaired) electrons. The van der Waals surface area contributed by atoms with Crippen molar-refractivity contribution < 1.29 is 3.89 Å². The maximum absolute atomic E-state index is 11.8. The third-order valence-electron chi connectivity index (χ3n) is 0.957. The number of hydrogen-bond donors (Lipinski definition) is 0. The molecule has 1 heterocycles. The molecule has 1 rings (SSSR count).